The van der Waals surface area contributed by atoms with Gasteiger partial charge in [0.15, 0.2) is 18.3 Å². The van der Waals surface area contributed by atoms with Crippen molar-refractivity contribution in [3.8, 4) is 22.8 Å². The standard InChI is InChI=1S/C23H25NO5/c1-14(23(25)26)11-17-12-18(28-5)22(29-13-27-4)21-19(17)15(2)20(24(21)3)16-9-7-6-8-10-16/h6-12H,13H2,1-5H3,(H,25,26)/b14-11+. The summed E-state index contributed by atoms with van der Waals surface area (Å²) in [6.45, 7) is 3.68. The van der Waals surface area contributed by atoms with E-state index in [0.29, 0.717) is 11.5 Å². The SMILES string of the molecule is COCOc1c(OC)cc(/C=C(\C)C(=O)O)c2c(C)c(-c3ccccc3)n(C)c12. The molecule has 152 valence electrons. The van der Waals surface area contributed by atoms with Crippen LogP contribution in [0.1, 0.15) is 18.1 Å². The Morgan fingerprint density at radius 3 is 2.48 bits per heavy atom. The number of nitrogens with zero attached hydrogens (tertiary/aromatic N) is 1. The van der Waals surface area contributed by atoms with Crippen molar-refractivity contribution in [2.45, 2.75) is 13.8 Å². The van der Waals surface area contributed by atoms with Crippen LogP contribution in [0.2, 0.25) is 0 Å². The van der Waals surface area contributed by atoms with Crippen molar-refractivity contribution in [3.63, 3.8) is 0 Å². The van der Waals surface area contributed by atoms with E-state index in [-0.39, 0.29) is 12.4 Å². The molecule has 6 nitrogen and oxygen atoms in total. The Kier molecular flexibility index (Phi) is 5.94. The number of aryl methyl sites for hydroxylation is 2. The van der Waals surface area contributed by atoms with Gasteiger partial charge in [-0.1, -0.05) is 30.3 Å². The first kappa shape index (κ1) is 20.5. The van der Waals surface area contributed by atoms with Gasteiger partial charge in [0.2, 0.25) is 0 Å². The number of aliphatic carboxylic acids is 1. The molecule has 29 heavy (non-hydrogen) atoms. The summed E-state index contributed by atoms with van der Waals surface area (Å²) in [4.78, 5) is 11.4. The third-order valence-corrected chi connectivity index (χ3v) is 4.95. The largest absolute Gasteiger partial charge is 0.493 e. The van der Waals surface area contributed by atoms with E-state index >= 15 is 0 Å². The third kappa shape index (κ3) is 3.71. The second kappa shape index (κ2) is 8.41. The summed E-state index contributed by atoms with van der Waals surface area (Å²) >= 11 is 0. The maximum Gasteiger partial charge on any atom is 0.331 e. The van der Waals surface area contributed by atoms with Gasteiger partial charge in [0.1, 0.15) is 0 Å². The predicted molar refractivity (Wildman–Crippen MR) is 113 cm³/mol. The first-order valence-electron chi connectivity index (χ1n) is 9.19. The van der Waals surface area contributed by atoms with Crippen LogP contribution in [0.5, 0.6) is 11.5 Å². The summed E-state index contributed by atoms with van der Waals surface area (Å²) in [5, 5.41) is 10.3. The fourth-order valence-corrected chi connectivity index (χ4v) is 3.67. The number of aromatic nitrogens is 1. The number of rotatable bonds is 7. The number of carboxylic acids is 1. The maximum atomic E-state index is 11.4. The van der Waals surface area contributed by atoms with Crippen molar-refractivity contribution in [1.29, 1.82) is 0 Å². The van der Waals surface area contributed by atoms with Gasteiger partial charge in [-0.15, -0.1) is 0 Å². The maximum absolute atomic E-state index is 11.4. The number of carbonyl (C=O) groups is 1. The number of ether oxygens (including phenoxy) is 3. The van der Waals surface area contributed by atoms with Gasteiger partial charge in [-0.25, -0.2) is 4.79 Å². The summed E-state index contributed by atoms with van der Waals surface area (Å²) < 4.78 is 18.6. The van der Waals surface area contributed by atoms with Crippen LogP contribution < -0.4 is 9.47 Å². The van der Waals surface area contributed by atoms with E-state index in [2.05, 4.69) is 4.57 Å². The van der Waals surface area contributed by atoms with Gasteiger partial charge in [0, 0.05) is 25.1 Å². The minimum atomic E-state index is -0.964. The van der Waals surface area contributed by atoms with Gasteiger partial charge in [-0.3, -0.25) is 0 Å². The topological polar surface area (TPSA) is 69.9 Å². The normalized spacial score (nSPS) is 11.7. The van der Waals surface area contributed by atoms with E-state index in [0.717, 1.165) is 33.3 Å². The smallest absolute Gasteiger partial charge is 0.331 e. The second-order valence-corrected chi connectivity index (χ2v) is 6.80. The number of carboxylic acid groups (broad SMARTS) is 1. The minimum absolute atomic E-state index is 0.0691. The number of hydrogen-bond donors (Lipinski definition) is 1. The van der Waals surface area contributed by atoms with Crippen LogP contribution in [-0.4, -0.2) is 36.7 Å². The summed E-state index contributed by atoms with van der Waals surface area (Å²) in [7, 11) is 5.09. The molecule has 1 heterocycles. The summed E-state index contributed by atoms with van der Waals surface area (Å²) in [6.07, 6.45) is 1.66. The molecule has 0 atom stereocenters. The Hall–Kier alpha value is -3.25. The van der Waals surface area contributed by atoms with Crippen molar-refractivity contribution in [3.05, 3.63) is 53.1 Å². The summed E-state index contributed by atoms with van der Waals surface area (Å²) in [5.74, 6) is 0.107. The molecule has 3 aromatic rings. The van der Waals surface area contributed by atoms with E-state index in [4.69, 9.17) is 14.2 Å². The lowest BCUT2D eigenvalue weighted by Crippen LogP contribution is -2.04. The third-order valence-electron chi connectivity index (χ3n) is 4.95. The molecule has 1 N–H and O–H groups in total. The zero-order chi connectivity index (χ0) is 21.1. The highest BCUT2D eigenvalue weighted by Gasteiger charge is 2.23. The van der Waals surface area contributed by atoms with Crippen LogP contribution in [0.25, 0.3) is 28.2 Å². The number of hydrogen-bond acceptors (Lipinski definition) is 4. The van der Waals surface area contributed by atoms with Crippen molar-refractivity contribution in [2.75, 3.05) is 21.0 Å². The summed E-state index contributed by atoms with van der Waals surface area (Å²) in [5.41, 5.74) is 4.94. The molecule has 2 aromatic carbocycles. The lowest BCUT2D eigenvalue weighted by molar-refractivity contribution is -0.132. The molecule has 0 amide bonds. The highest BCUT2D eigenvalue weighted by atomic mass is 16.7. The molecule has 6 heteroatoms. The molecule has 0 radical (unpaired) electrons. The second-order valence-electron chi connectivity index (χ2n) is 6.80. The predicted octanol–water partition coefficient (Wildman–Crippen LogP) is 4.63. The Morgan fingerprint density at radius 1 is 1.21 bits per heavy atom. The van der Waals surface area contributed by atoms with Gasteiger partial charge < -0.3 is 23.9 Å². The minimum Gasteiger partial charge on any atom is -0.493 e. The first-order valence-corrected chi connectivity index (χ1v) is 9.19. The van der Waals surface area contributed by atoms with Gasteiger partial charge >= 0.3 is 5.97 Å². The van der Waals surface area contributed by atoms with Crippen LogP contribution >= 0.6 is 0 Å². The van der Waals surface area contributed by atoms with Gasteiger partial charge in [-0.05, 0) is 42.7 Å². The number of methoxy groups -OCH3 is 2. The molecule has 0 fully saturated rings. The molecule has 0 aliphatic rings. The lowest BCUT2D eigenvalue weighted by atomic mass is 10.0. The molecule has 0 aliphatic heterocycles. The molecule has 0 spiro atoms. The van der Waals surface area contributed by atoms with Crippen LogP contribution in [0.3, 0.4) is 0 Å². The molecule has 1 aromatic heterocycles. The van der Waals surface area contributed by atoms with Crippen LogP contribution in [0.15, 0.2) is 42.0 Å². The van der Waals surface area contributed by atoms with Gasteiger partial charge in [-0.2, -0.15) is 0 Å². The average molecular weight is 395 g/mol. The highest BCUT2D eigenvalue weighted by molar-refractivity contribution is 6.04. The molecule has 0 aliphatic carbocycles. The first-order chi connectivity index (χ1) is 13.9. The Bertz CT molecular complexity index is 1080. The van der Waals surface area contributed by atoms with E-state index in [9.17, 15) is 9.90 Å². The molecule has 0 unspecified atom stereocenters. The fraction of sp³-hybridized carbons (Fsp3) is 0.261. The molecule has 0 saturated heterocycles. The highest BCUT2D eigenvalue weighted by Crippen LogP contribution is 2.44. The molecular weight excluding hydrogens is 370 g/mol. The molecule has 0 bridgehead atoms. The molecule has 3 rings (SSSR count). The monoisotopic (exact) mass is 395 g/mol. The number of fused-ring (bicyclic) bond motifs is 1. The van der Waals surface area contributed by atoms with Crippen LogP contribution in [0.4, 0.5) is 0 Å². The molecule has 0 saturated carbocycles. The zero-order valence-electron chi connectivity index (χ0n) is 17.3. The zero-order valence-corrected chi connectivity index (χ0v) is 17.3. The van der Waals surface area contributed by atoms with E-state index in [1.165, 1.54) is 0 Å². The van der Waals surface area contributed by atoms with E-state index in [1.807, 2.05) is 50.4 Å². The van der Waals surface area contributed by atoms with Gasteiger partial charge in [0.05, 0.1) is 18.3 Å². The van der Waals surface area contributed by atoms with Crippen molar-refractivity contribution < 1.29 is 24.1 Å². The average Bonchev–Trinajstić information content (AvgIpc) is 2.98. The van der Waals surface area contributed by atoms with Gasteiger partial charge in [0.25, 0.3) is 0 Å². The van der Waals surface area contributed by atoms with Crippen molar-refractivity contribution >= 4 is 22.9 Å². The number of benzene rings is 2. The fourth-order valence-electron chi connectivity index (χ4n) is 3.67. The summed E-state index contributed by atoms with van der Waals surface area (Å²) in [6, 6.07) is 11.9. The van der Waals surface area contributed by atoms with Crippen molar-refractivity contribution in [2.24, 2.45) is 7.05 Å². The van der Waals surface area contributed by atoms with E-state index < -0.39 is 5.97 Å². The molecular formula is C23H25NO5. The Morgan fingerprint density at radius 2 is 1.90 bits per heavy atom. The van der Waals surface area contributed by atoms with E-state index in [1.54, 1.807) is 27.2 Å². The van der Waals surface area contributed by atoms with Crippen molar-refractivity contribution in [1.82, 2.24) is 4.57 Å². The quantitative estimate of drug-likeness (QED) is 0.466. The van der Waals surface area contributed by atoms with Crippen LogP contribution in [0, 0.1) is 6.92 Å². The lowest BCUT2D eigenvalue weighted by Gasteiger charge is -2.15. The Labute approximate surface area is 169 Å². The van der Waals surface area contributed by atoms with Crippen LogP contribution in [-0.2, 0) is 16.6 Å². The Balaban J connectivity index is 2.44.